The number of amides is 1. The monoisotopic (exact) mass is 479 g/mol. The largest absolute Gasteiger partial charge is 0.379 e. The van der Waals surface area contributed by atoms with Crippen LogP contribution in [0.1, 0.15) is 12.6 Å². The molecule has 0 unspecified atom stereocenters. The molecule has 1 aliphatic rings. The van der Waals surface area contributed by atoms with Gasteiger partial charge in [-0.25, -0.2) is 18.4 Å². The van der Waals surface area contributed by atoms with Crippen molar-refractivity contribution >= 4 is 54.6 Å². The van der Waals surface area contributed by atoms with Crippen molar-refractivity contribution in [2.45, 2.75) is 18.7 Å². The van der Waals surface area contributed by atoms with Crippen molar-refractivity contribution < 1.29 is 17.9 Å². The van der Waals surface area contributed by atoms with Crippen LogP contribution in [-0.4, -0.2) is 54.9 Å². The average Bonchev–Trinajstić information content (AvgIpc) is 3.34. The smallest absolute Gasteiger partial charge is 0.245 e. The first-order chi connectivity index (χ1) is 14.8. The Balaban J connectivity index is 1.59. The number of nitrogens with one attached hydrogen (secondary N) is 2. The Bertz CT molecular complexity index is 1200. The van der Waals surface area contributed by atoms with Crippen LogP contribution in [0.5, 0.6) is 0 Å². The summed E-state index contributed by atoms with van der Waals surface area (Å²) in [6.45, 7) is 4.73. The van der Waals surface area contributed by atoms with E-state index < -0.39 is 10.0 Å². The van der Waals surface area contributed by atoms with Crippen LogP contribution in [0.2, 0.25) is 0 Å². The molecule has 31 heavy (non-hydrogen) atoms. The lowest BCUT2D eigenvalue weighted by atomic mass is 10.3. The summed E-state index contributed by atoms with van der Waals surface area (Å²) in [6, 6.07) is 6.80. The van der Waals surface area contributed by atoms with Gasteiger partial charge in [-0.05, 0) is 19.1 Å². The number of ether oxygens (including phenoxy) is 1. The highest BCUT2D eigenvalue weighted by molar-refractivity contribution is 7.89. The first-order valence-corrected chi connectivity index (χ1v) is 12.6. The summed E-state index contributed by atoms with van der Waals surface area (Å²) in [6.07, 6.45) is 0. The predicted molar refractivity (Wildman–Crippen MR) is 122 cm³/mol. The van der Waals surface area contributed by atoms with E-state index in [1.54, 1.807) is 24.3 Å². The van der Waals surface area contributed by atoms with Crippen LogP contribution in [0.4, 0.5) is 16.0 Å². The van der Waals surface area contributed by atoms with Crippen LogP contribution >= 0.6 is 22.7 Å². The maximum atomic E-state index is 13.1. The molecule has 12 heteroatoms. The van der Waals surface area contributed by atoms with Crippen molar-refractivity contribution in [3.05, 3.63) is 35.3 Å². The van der Waals surface area contributed by atoms with Crippen LogP contribution in [0.15, 0.2) is 34.5 Å². The van der Waals surface area contributed by atoms with Gasteiger partial charge >= 0.3 is 0 Å². The van der Waals surface area contributed by atoms with Gasteiger partial charge in [-0.3, -0.25) is 4.79 Å². The zero-order valence-corrected chi connectivity index (χ0v) is 19.4. The van der Waals surface area contributed by atoms with Crippen molar-refractivity contribution in [1.29, 1.82) is 0 Å². The zero-order chi connectivity index (χ0) is 22.0. The van der Waals surface area contributed by atoms with Gasteiger partial charge in [-0.1, -0.05) is 23.5 Å². The number of hydrogen-bond acceptors (Lipinski definition) is 9. The van der Waals surface area contributed by atoms with E-state index in [9.17, 15) is 13.2 Å². The van der Waals surface area contributed by atoms with E-state index in [-0.39, 0.29) is 10.8 Å². The van der Waals surface area contributed by atoms with Gasteiger partial charge in [0.1, 0.15) is 4.90 Å². The van der Waals surface area contributed by atoms with Crippen molar-refractivity contribution in [3.8, 4) is 10.6 Å². The molecule has 164 valence electrons. The van der Waals surface area contributed by atoms with Crippen LogP contribution in [0.25, 0.3) is 10.6 Å². The van der Waals surface area contributed by atoms with Gasteiger partial charge in [-0.15, -0.1) is 11.3 Å². The number of aryl methyl sites for hydroxylation is 1. The van der Waals surface area contributed by atoms with Gasteiger partial charge in [0.25, 0.3) is 0 Å². The molecular weight excluding hydrogens is 458 g/mol. The highest BCUT2D eigenvalue weighted by Crippen LogP contribution is 2.36. The fourth-order valence-corrected chi connectivity index (χ4v) is 6.43. The number of morpholine rings is 1. The van der Waals surface area contributed by atoms with Gasteiger partial charge < -0.3 is 15.4 Å². The standard InChI is InChI=1S/C19H21N5O4S3/c1-12-17(30-19(20-12)21-13(2)25)15-11-29-18(23-15)22-14-5-3-4-6-16(14)31(26,27)24-7-9-28-10-8-24/h3-6,11H,7-10H2,1-2H3,(H,22,23)(H,20,21,25). The average molecular weight is 480 g/mol. The number of carbonyl (C=O) groups excluding carboxylic acids is 1. The van der Waals surface area contributed by atoms with E-state index in [1.165, 1.54) is 33.9 Å². The summed E-state index contributed by atoms with van der Waals surface area (Å²) >= 11 is 2.71. The topological polar surface area (TPSA) is 114 Å². The SMILES string of the molecule is CC(=O)Nc1nc(C)c(-c2csc(Nc3ccccc3S(=O)(=O)N3CCOCC3)n2)s1. The molecule has 3 heterocycles. The summed E-state index contributed by atoms with van der Waals surface area (Å²) in [7, 11) is -3.65. The molecule has 0 spiro atoms. The van der Waals surface area contributed by atoms with Gasteiger partial charge in [0, 0.05) is 25.4 Å². The van der Waals surface area contributed by atoms with E-state index in [0.717, 1.165) is 10.6 Å². The molecular formula is C19H21N5O4S3. The number of aromatic nitrogens is 2. The van der Waals surface area contributed by atoms with Crippen molar-refractivity contribution in [2.75, 3.05) is 36.9 Å². The molecule has 2 N–H and O–H groups in total. The normalized spacial score (nSPS) is 15.0. The highest BCUT2D eigenvalue weighted by atomic mass is 32.2. The van der Waals surface area contributed by atoms with Gasteiger partial charge in [0.2, 0.25) is 15.9 Å². The van der Waals surface area contributed by atoms with Crippen molar-refractivity contribution in [1.82, 2.24) is 14.3 Å². The molecule has 1 aliphatic heterocycles. The van der Waals surface area contributed by atoms with Gasteiger partial charge in [0.15, 0.2) is 10.3 Å². The Hall–Kier alpha value is -2.38. The molecule has 0 atom stereocenters. The third kappa shape index (κ3) is 4.77. The highest BCUT2D eigenvalue weighted by Gasteiger charge is 2.28. The fraction of sp³-hybridized carbons (Fsp3) is 0.316. The third-order valence-electron chi connectivity index (χ3n) is 4.53. The fourth-order valence-electron chi connectivity index (χ4n) is 3.11. The van der Waals surface area contributed by atoms with E-state index in [1.807, 2.05) is 12.3 Å². The number of hydrogen-bond donors (Lipinski definition) is 2. The molecule has 1 amide bonds. The Labute approximate surface area is 188 Å². The summed E-state index contributed by atoms with van der Waals surface area (Å²) in [5, 5.41) is 8.79. The molecule has 0 bridgehead atoms. The van der Waals surface area contributed by atoms with E-state index in [2.05, 4.69) is 20.6 Å². The molecule has 4 rings (SSSR count). The van der Waals surface area contributed by atoms with Crippen molar-refractivity contribution in [2.24, 2.45) is 0 Å². The second-order valence-corrected chi connectivity index (χ2v) is 10.6. The number of thiazole rings is 2. The molecule has 3 aromatic rings. The first kappa shape index (κ1) is 21.8. The Morgan fingerprint density at radius 1 is 1.16 bits per heavy atom. The quantitative estimate of drug-likeness (QED) is 0.558. The Morgan fingerprint density at radius 3 is 2.65 bits per heavy atom. The maximum absolute atomic E-state index is 13.1. The van der Waals surface area contributed by atoms with Gasteiger partial charge in [-0.2, -0.15) is 4.31 Å². The minimum absolute atomic E-state index is 0.181. The summed E-state index contributed by atoms with van der Waals surface area (Å²) in [5.74, 6) is -0.181. The maximum Gasteiger partial charge on any atom is 0.245 e. The molecule has 0 saturated carbocycles. The number of para-hydroxylation sites is 1. The minimum atomic E-state index is -3.65. The number of rotatable bonds is 6. The first-order valence-electron chi connectivity index (χ1n) is 9.49. The number of benzene rings is 1. The lowest BCUT2D eigenvalue weighted by Gasteiger charge is -2.26. The third-order valence-corrected chi connectivity index (χ3v) is 8.34. The summed E-state index contributed by atoms with van der Waals surface area (Å²) < 4.78 is 33.0. The van der Waals surface area contributed by atoms with Crippen LogP contribution in [-0.2, 0) is 19.6 Å². The number of carbonyl (C=O) groups is 1. The predicted octanol–water partition coefficient (Wildman–Crippen LogP) is 3.30. The molecule has 1 fully saturated rings. The zero-order valence-electron chi connectivity index (χ0n) is 16.9. The molecule has 9 nitrogen and oxygen atoms in total. The Morgan fingerprint density at radius 2 is 1.90 bits per heavy atom. The van der Waals surface area contributed by atoms with E-state index in [0.29, 0.717) is 47.9 Å². The summed E-state index contributed by atoms with van der Waals surface area (Å²) in [5.41, 5.74) is 1.95. The minimum Gasteiger partial charge on any atom is -0.379 e. The van der Waals surface area contributed by atoms with Crippen molar-refractivity contribution in [3.63, 3.8) is 0 Å². The summed E-state index contributed by atoms with van der Waals surface area (Å²) in [4.78, 5) is 21.3. The molecule has 0 aliphatic carbocycles. The Kier molecular flexibility index (Phi) is 6.34. The van der Waals surface area contributed by atoms with Crippen LogP contribution in [0, 0.1) is 6.92 Å². The van der Waals surface area contributed by atoms with E-state index in [4.69, 9.17) is 4.74 Å². The van der Waals surface area contributed by atoms with Gasteiger partial charge in [0.05, 0.1) is 35.2 Å². The lowest BCUT2D eigenvalue weighted by Crippen LogP contribution is -2.40. The van der Waals surface area contributed by atoms with E-state index >= 15 is 0 Å². The molecule has 0 radical (unpaired) electrons. The lowest BCUT2D eigenvalue weighted by molar-refractivity contribution is -0.114. The number of nitrogens with zero attached hydrogens (tertiary/aromatic N) is 3. The number of sulfonamides is 1. The molecule has 2 aromatic heterocycles. The van der Waals surface area contributed by atoms with Crippen LogP contribution < -0.4 is 10.6 Å². The number of anilines is 3. The van der Waals surface area contributed by atoms with Crippen LogP contribution in [0.3, 0.4) is 0 Å². The second-order valence-electron chi connectivity index (χ2n) is 6.79. The molecule has 1 saturated heterocycles. The second kappa shape index (κ2) is 9.01. The molecule has 1 aromatic carbocycles.